The summed E-state index contributed by atoms with van der Waals surface area (Å²) in [4.78, 5) is 23.8. The quantitative estimate of drug-likeness (QED) is 0.630. The topological polar surface area (TPSA) is 61.8 Å². The summed E-state index contributed by atoms with van der Waals surface area (Å²) < 4.78 is 29.3. The van der Waals surface area contributed by atoms with Crippen LogP contribution in [0.25, 0.3) is 6.08 Å². The van der Waals surface area contributed by atoms with Crippen LogP contribution in [0.15, 0.2) is 48.2 Å². The minimum absolute atomic E-state index is 0.0262. The van der Waals surface area contributed by atoms with Crippen molar-refractivity contribution in [2.45, 2.75) is 13.0 Å². The highest BCUT2D eigenvalue weighted by Crippen LogP contribution is 2.35. The molecule has 6 heteroatoms. The number of carbonyl (C=O) groups excluding carboxylic acids is 2. The second kappa shape index (κ2) is 6.76. The first-order valence-electron chi connectivity index (χ1n) is 7.57. The van der Waals surface area contributed by atoms with E-state index in [9.17, 15) is 14.0 Å². The van der Waals surface area contributed by atoms with Gasteiger partial charge in [0.1, 0.15) is 17.3 Å². The summed E-state index contributed by atoms with van der Waals surface area (Å²) in [5.74, 6) is -0.626. The third-order valence-electron chi connectivity index (χ3n) is 3.68. The molecular formula is C19H15FO5. The molecule has 0 fully saturated rings. The predicted molar refractivity (Wildman–Crippen MR) is 87.9 cm³/mol. The molecule has 5 nitrogen and oxygen atoms in total. The van der Waals surface area contributed by atoms with Gasteiger partial charge in [-0.2, -0.15) is 0 Å². The monoisotopic (exact) mass is 342 g/mol. The van der Waals surface area contributed by atoms with Crippen molar-refractivity contribution in [1.82, 2.24) is 0 Å². The first-order chi connectivity index (χ1) is 12.0. The average Bonchev–Trinajstić information content (AvgIpc) is 2.91. The minimum atomic E-state index is -0.798. The van der Waals surface area contributed by atoms with E-state index in [1.165, 1.54) is 25.3 Å². The van der Waals surface area contributed by atoms with Gasteiger partial charge in [-0.15, -0.1) is 0 Å². The van der Waals surface area contributed by atoms with E-state index in [1.54, 1.807) is 37.3 Å². The fourth-order valence-corrected chi connectivity index (χ4v) is 2.39. The molecule has 0 N–H and O–H groups in total. The molecule has 0 radical (unpaired) electrons. The molecule has 2 aromatic rings. The lowest BCUT2D eigenvalue weighted by molar-refractivity contribution is -0.147. The highest BCUT2D eigenvalue weighted by Gasteiger charge is 2.28. The maximum atomic E-state index is 13.7. The van der Waals surface area contributed by atoms with E-state index in [0.717, 1.165) is 0 Å². The number of hydrogen-bond donors (Lipinski definition) is 0. The van der Waals surface area contributed by atoms with Crippen LogP contribution in [0.1, 0.15) is 22.8 Å². The summed E-state index contributed by atoms with van der Waals surface area (Å²) in [5, 5.41) is 0. The van der Waals surface area contributed by atoms with E-state index in [0.29, 0.717) is 17.1 Å². The maximum Gasteiger partial charge on any atom is 0.346 e. The Labute approximate surface area is 143 Å². The van der Waals surface area contributed by atoms with Gasteiger partial charge in [-0.05, 0) is 31.2 Å². The van der Waals surface area contributed by atoms with Crippen LogP contribution >= 0.6 is 0 Å². The molecule has 3 rings (SSSR count). The molecule has 1 atom stereocenters. The summed E-state index contributed by atoms with van der Waals surface area (Å²) in [6.45, 7) is 1.55. The lowest BCUT2D eigenvalue weighted by Crippen LogP contribution is -2.24. The molecule has 1 heterocycles. The zero-order valence-corrected chi connectivity index (χ0v) is 13.6. The van der Waals surface area contributed by atoms with Gasteiger partial charge in [0.25, 0.3) is 0 Å². The number of Topliss-reactive ketones (excluding diaryl/α,β-unsaturated/α-hetero) is 1. The number of ketones is 1. The van der Waals surface area contributed by atoms with E-state index < -0.39 is 17.9 Å². The Morgan fingerprint density at radius 2 is 2.00 bits per heavy atom. The Bertz CT molecular complexity index is 872. The molecule has 25 heavy (non-hydrogen) atoms. The number of methoxy groups -OCH3 is 1. The standard InChI is InChI=1S/C19H15FO5/c1-11(19(22)23-2)24-13-7-8-14-16(10-13)25-17(18(14)21)9-12-5-3-4-6-15(12)20/h3-11H,1-2H3. The average molecular weight is 342 g/mol. The summed E-state index contributed by atoms with van der Waals surface area (Å²) in [7, 11) is 1.27. The van der Waals surface area contributed by atoms with Crippen LogP contribution in [-0.2, 0) is 9.53 Å². The SMILES string of the molecule is COC(=O)C(C)Oc1ccc2c(c1)OC(=Cc1ccccc1F)C2=O. The van der Waals surface area contributed by atoms with Crippen molar-refractivity contribution in [3.05, 3.63) is 65.2 Å². The second-order valence-corrected chi connectivity index (χ2v) is 5.40. The molecule has 128 valence electrons. The Morgan fingerprint density at radius 1 is 1.24 bits per heavy atom. The van der Waals surface area contributed by atoms with E-state index >= 15 is 0 Å². The van der Waals surface area contributed by atoms with Crippen LogP contribution in [-0.4, -0.2) is 25.0 Å². The fraction of sp³-hybridized carbons (Fsp3) is 0.158. The molecule has 0 bridgehead atoms. The van der Waals surface area contributed by atoms with Crippen LogP contribution in [0.3, 0.4) is 0 Å². The number of hydrogen-bond acceptors (Lipinski definition) is 5. The van der Waals surface area contributed by atoms with Crippen molar-refractivity contribution in [1.29, 1.82) is 0 Å². The van der Waals surface area contributed by atoms with E-state index in [4.69, 9.17) is 9.47 Å². The number of esters is 1. The number of allylic oxidation sites excluding steroid dienone is 1. The van der Waals surface area contributed by atoms with Crippen molar-refractivity contribution in [2.75, 3.05) is 7.11 Å². The van der Waals surface area contributed by atoms with Crippen LogP contribution in [0.5, 0.6) is 11.5 Å². The van der Waals surface area contributed by atoms with Gasteiger partial charge in [-0.3, -0.25) is 4.79 Å². The van der Waals surface area contributed by atoms with Crippen LogP contribution < -0.4 is 9.47 Å². The zero-order chi connectivity index (χ0) is 18.0. The Balaban J connectivity index is 1.84. The largest absolute Gasteiger partial charge is 0.479 e. The van der Waals surface area contributed by atoms with Gasteiger partial charge in [0, 0.05) is 11.6 Å². The van der Waals surface area contributed by atoms with Crippen molar-refractivity contribution >= 4 is 17.8 Å². The number of rotatable bonds is 4. The third-order valence-corrected chi connectivity index (χ3v) is 3.68. The molecule has 0 saturated heterocycles. The number of ether oxygens (including phenoxy) is 3. The highest BCUT2D eigenvalue weighted by atomic mass is 19.1. The summed E-state index contributed by atoms with van der Waals surface area (Å²) in [6.07, 6.45) is 0.559. The van der Waals surface area contributed by atoms with Gasteiger partial charge >= 0.3 is 5.97 Å². The molecule has 0 aromatic heterocycles. The number of halogens is 1. The molecule has 0 saturated carbocycles. The Hall–Kier alpha value is -3.15. The predicted octanol–water partition coefficient (Wildman–Crippen LogP) is 3.38. The summed E-state index contributed by atoms with van der Waals surface area (Å²) in [6, 6.07) is 10.7. The van der Waals surface area contributed by atoms with Gasteiger partial charge in [0.2, 0.25) is 5.78 Å². The Morgan fingerprint density at radius 3 is 2.72 bits per heavy atom. The van der Waals surface area contributed by atoms with E-state index in [1.807, 2.05) is 0 Å². The molecule has 2 aromatic carbocycles. The Kier molecular flexibility index (Phi) is 4.52. The van der Waals surface area contributed by atoms with Gasteiger partial charge < -0.3 is 14.2 Å². The van der Waals surface area contributed by atoms with Crippen molar-refractivity contribution in [3.8, 4) is 11.5 Å². The lowest BCUT2D eigenvalue weighted by atomic mass is 10.1. The van der Waals surface area contributed by atoms with Gasteiger partial charge in [-0.1, -0.05) is 18.2 Å². The smallest absolute Gasteiger partial charge is 0.346 e. The van der Waals surface area contributed by atoms with E-state index in [-0.39, 0.29) is 17.1 Å². The van der Waals surface area contributed by atoms with Crippen molar-refractivity contribution in [3.63, 3.8) is 0 Å². The zero-order valence-electron chi connectivity index (χ0n) is 13.6. The maximum absolute atomic E-state index is 13.7. The summed E-state index contributed by atoms with van der Waals surface area (Å²) >= 11 is 0. The fourth-order valence-electron chi connectivity index (χ4n) is 2.39. The van der Waals surface area contributed by atoms with E-state index in [2.05, 4.69) is 4.74 Å². The number of carbonyl (C=O) groups is 2. The molecule has 1 unspecified atom stereocenters. The second-order valence-electron chi connectivity index (χ2n) is 5.40. The van der Waals surface area contributed by atoms with Crippen LogP contribution in [0.2, 0.25) is 0 Å². The molecule has 0 aliphatic carbocycles. The molecule has 1 aliphatic heterocycles. The molecule has 0 spiro atoms. The number of benzene rings is 2. The van der Waals surface area contributed by atoms with Crippen molar-refractivity contribution < 1.29 is 28.2 Å². The van der Waals surface area contributed by atoms with Crippen molar-refractivity contribution in [2.24, 2.45) is 0 Å². The first-order valence-corrected chi connectivity index (χ1v) is 7.57. The third kappa shape index (κ3) is 3.38. The first kappa shape index (κ1) is 16.7. The highest BCUT2D eigenvalue weighted by molar-refractivity contribution is 6.14. The summed E-state index contributed by atoms with van der Waals surface area (Å²) in [5.41, 5.74) is 0.607. The normalized spacial score (nSPS) is 15.5. The molecule has 1 aliphatic rings. The van der Waals surface area contributed by atoms with Gasteiger partial charge in [0.05, 0.1) is 12.7 Å². The molecular weight excluding hydrogens is 327 g/mol. The molecule has 0 amide bonds. The van der Waals surface area contributed by atoms with Crippen LogP contribution in [0.4, 0.5) is 4.39 Å². The number of fused-ring (bicyclic) bond motifs is 1. The van der Waals surface area contributed by atoms with Gasteiger partial charge in [0.15, 0.2) is 11.9 Å². The lowest BCUT2D eigenvalue weighted by Gasteiger charge is -2.12. The van der Waals surface area contributed by atoms with Gasteiger partial charge in [-0.25, -0.2) is 9.18 Å². The minimum Gasteiger partial charge on any atom is -0.479 e. The van der Waals surface area contributed by atoms with Crippen LogP contribution in [0, 0.1) is 5.82 Å².